The van der Waals surface area contributed by atoms with Crippen molar-refractivity contribution in [3.05, 3.63) is 221 Å². The van der Waals surface area contributed by atoms with Gasteiger partial charge in [-0.2, -0.15) is 0 Å². The highest BCUT2D eigenvalue weighted by Gasteiger charge is 2.54. The van der Waals surface area contributed by atoms with E-state index in [4.69, 9.17) is 0 Å². The first kappa shape index (κ1) is 30.4. The van der Waals surface area contributed by atoms with Gasteiger partial charge >= 0.3 is 0 Å². The normalized spacial score (nSPS) is 19.6. The van der Waals surface area contributed by atoms with E-state index in [1.54, 1.807) is 0 Å². The Hall–Kier alpha value is -6.26. The van der Waals surface area contributed by atoms with E-state index in [-0.39, 0.29) is 5.92 Å². The Bertz CT molecular complexity index is 2180. The second kappa shape index (κ2) is 14.0. The van der Waals surface area contributed by atoms with Gasteiger partial charge in [-0.05, 0) is 65.1 Å². The van der Waals surface area contributed by atoms with Crippen molar-refractivity contribution in [1.29, 1.82) is 0 Å². The highest BCUT2D eigenvalue weighted by atomic mass is 14.5. The molecule has 0 aliphatic heterocycles. The first-order valence-corrected chi connectivity index (χ1v) is 16.4. The monoisotopic (exact) mass is 610 g/mol. The van der Waals surface area contributed by atoms with Gasteiger partial charge in [0.1, 0.15) is 0 Å². The molecule has 0 heteroatoms. The molecule has 0 radical (unpaired) electrons. The molecule has 48 heavy (non-hydrogen) atoms. The predicted octanol–water partition coefficient (Wildman–Crippen LogP) is 10.1. The smallest absolute Gasteiger partial charge is 0.0902 e. The zero-order valence-corrected chi connectivity index (χ0v) is 26.7. The van der Waals surface area contributed by atoms with E-state index in [0.29, 0.717) is 6.42 Å². The molecule has 0 saturated heterocycles. The minimum Gasteiger partial charge on any atom is -0.0902 e. The highest BCUT2D eigenvalue weighted by Crippen LogP contribution is 2.54. The third-order valence-electron chi connectivity index (χ3n) is 9.03. The molecule has 1 aliphatic rings. The third kappa shape index (κ3) is 6.37. The highest BCUT2D eigenvalue weighted by molar-refractivity contribution is 5.75. The van der Waals surface area contributed by atoms with Gasteiger partial charge in [0, 0.05) is 16.7 Å². The lowest BCUT2D eigenvalue weighted by atomic mass is 9.51. The minimum absolute atomic E-state index is 0.338. The molecule has 6 aromatic carbocycles. The lowest BCUT2D eigenvalue weighted by Gasteiger charge is -2.48. The fourth-order valence-electron chi connectivity index (χ4n) is 6.69. The van der Waals surface area contributed by atoms with Gasteiger partial charge in [0.15, 0.2) is 0 Å². The fraction of sp³-hybridized carbons (Fsp3) is 0.0833. The number of allylic oxidation sites excluding steroid dienone is 2. The molecule has 6 aromatic rings. The second-order valence-corrected chi connectivity index (χ2v) is 12.1. The van der Waals surface area contributed by atoms with Gasteiger partial charge < -0.3 is 0 Å². The SMILES string of the molecule is C(#CC1C(C#Cc2ccccc2)(c2ccccc2)C=C(c2ccccc2)CC1(C#Cc1ccccc1)c1ccccc1)c1ccccc1. The Morgan fingerprint density at radius 3 is 1.35 bits per heavy atom. The van der Waals surface area contributed by atoms with Crippen molar-refractivity contribution in [2.75, 3.05) is 0 Å². The van der Waals surface area contributed by atoms with Crippen molar-refractivity contribution in [2.45, 2.75) is 17.3 Å². The van der Waals surface area contributed by atoms with Crippen molar-refractivity contribution >= 4 is 5.57 Å². The Labute approximate surface area is 284 Å². The summed E-state index contributed by atoms with van der Waals surface area (Å²) in [4.78, 5) is 0. The molecule has 226 valence electrons. The van der Waals surface area contributed by atoms with Crippen molar-refractivity contribution in [2.24, 2.45) is 5.92 Å². The van der Waals surface area contributed by atoms with E-state index < -0.39 is 10.8 Å². The fourth-order valence-corrected chi connectivity index (χ4v) is 6.69. The Morgan fingerprint density at radius 1 is 0.417 bits per heavy atom. The first-order chi connectivity index (χ1) is 23.8. The van der Waals surface area contributed by atoms with Crippen LogP contribution in [0.15, 0.2) is 188 Å². The van der Waals surface area contributed by atoms with Crippen LogP contribution >= 0.6 is 0 Å². The van der Waals surface area contributed by atoms with Gasteiger partial charge in [-0.1, -0.05) is 187 Å². The van der Waals surface area contributed by atoms with E-state index in [2.05, 4.69) is 169 Å². The Balaban J connectivity index is 1.62. The molecule has 0 heterocycles. The van der Waals surface area contributed by atoms with Gasteiger partial charge in [-0.15, -0.1) is 0 Å². The average molecular weight is 611 g/mol. The van der Waals surface area contributed by atoms with Crippen LogP contribution in [0.25, 0.3) is 5.57 Å². The summed E-state index contributed by atoms with van der Waals surface area (Å²) in [5, 5.41) is 0. The molecule has 0 aromatic heterocycles. The predicted molar refractivity (Wildman–Crippen MR) is 199 cm³/mol. The Kier molecular flexibility index (Phi) is 8.88. The molecule has 0 amide bonds. The van der Waals surface area contributed by atoms with E-state index >= 15 is 0 Å². The van der Waals surface area contributed by atoms with Gasteiger partial charge in [-0.3, -0.25) is 0 Å². The van der Waals surface area contributed by atoms with Crippen LogP contribution in [0.3, 0.4) is 0 Å². The molecule has 0 fully saturated rings. The maximum absolute atomic E-state index is 3.92. The van der Waals surface area contributed by atoms with E-state index in [9.17, 15) is 0 Å². The lowest BCUT2D eigenvalue weighted by molar-refractivity contribution is 0.336. The zero-order chi connectivity index (χ0) is 32.5. The number of hydrogen-bond donors (Lipinski definition) is 0. The molecular weight excluding hydrogens is 577 g/mol. The van der Waals surface area contributed by atoms with Crippen molar-refractivity contribution in [3.63, 3.8) is 0 Å². The van der Waals surface area contributed by atoms with Crippen LogP contribution in [0, 0.1) is 41.4 Å². The van der Waals surface area contributed by atoms with Crippen LogP contribution in [0.4, 0.5) is 0 Å². The minimum atomic E-state index is -0.816. The molecular formula is C48H34. The second-order valence-electron chi connectivity index (χ2n) is 12.1. The van der Waals surface area contributed by atoms with Crippen LogP contribution in [0.1, 0.15) is 39.8 Å². The molecule has 3 atom stereocenters. The zero-order valence-electron chi connectivity index (χ0n) is 26.7. The maximum atomic E-state index is 3.92. The number of benzene rings is 6. The molecule has 0 N–H and O–H groups in total. The maximum Gasteiger partial charge on any atom is 0.0907 e. The summed E-state index contributed by atoms with van der Waals surface area (Å²) in [6, 6.07) is 62.8. The number of hydrogen-bond acceptors (Lipinski definition) is 0. The van der Waals surface area contributed by atoms with Crippen LogP contribution in [0.2, 0.25) is 0 Å². The summed E-state index contributed by atoms with van der Waals surface area (Å²) in [5.41, 5.74) is 5.94. The average Bonchev–Trinajstić information content (AvgIpc) is 3.18. The van der Waals surface area contributed by atoms with Crippen molar-refractivity contribution in [1.82, 2.24) is 0 Å². The van der Waals surface area contributed by atoms with Crippen LogP contribution in [-0.4, -0.2) is 0 Å². The summed E-state index contributed by atoms with van der Waals surface area (Å²) >= 11 is 0. The molecule has 0 spiro atoms. The largest absolute Gasteiger partial charge is 0.0907 e. The van der Waals surface area contributed by atoms with E-state index in [1.807, 2.05) is 54.6 Å². The quantitative estimate of drug-likeness (QED) is 0.175. The molecule has 0 bridgehead atoms. The third-order valence-corrected chi connectivity index (χ3v) is 9.03. The summed E-state index contributed by atoms with van der Waals surface area (Å²) in [6.45, 7) is 0. The van der Waals surface area contributed by atoms with Crippen LogP contribution in [-0.2, 0) is 10.8 Å². The van der Waals surface area contributed by atoms with E-state index in [0.717, 1.165) is 33.4 Å². The molecule has 0 saturated carbocycles. The van der Waals surface area contributed by atoms with Crippen LogP contribution in [0.5, 0.6) is 0 Å². The van der Waals surface area contributed by atoms with Crippen LogP contribution < -0.4 is 0 Å². The number of rotatable bonds is 3. The van der Waals surface area contributed by atoms with Crippen molar-refractivity contribution in [3.8, 4) is 35.5 Å². The van der Waals surface area contributed by atoms with E-state index in [1.165, 1.54) is 5.57 Å². The van der Waals surface area contributed by atoms with Gasteiger partial charge in [0.25, 0.3) is 0 Å². The summed E-state index contributed by atoms with van der Waals surface area (Å²) < 4.78 is 0. The van der Waals surface area contributed by atoms with Gasteiger partial charge in [-0.25, -0.2) is 0 Å². The van der Waals surface area contributed by atoms with Gasteiger partial charge in [0.05, 0.1) is 16.7 Å². The van der Waals surface area contributed by atoms with Gasteiger partial charge in [0.2, 0.25) is 0 Å². The standard InChI is InChI=1S/C48H34/c1-7-19-39(20-8-1)31-32-46-47(44-27-15-5-16-28-44,35-33-40-21-9-2-10-22-40)37-43(42-25-13-4-14-26-42)38-48(46,45-29-17-6-18-30-45)36-34-41-23-11-3-12-24-41/h1-30,37,46H,38H2. The molecule has 3 unspecified atom stereocenters. The summed E-state index contributed by atoms with van der Waals surface area (Å²) in [6.07, 6.45) is 3.07. The molecule has 1 aliphatic carbocycles. The molecule has 7 rings (SSSR count). The topological polar surface area (TPSA) is 0 Å². The van der Waals surface area contributed by atoms with Crippen molar-refractivity contribution < 1.29 is 0 Å². The lowest BCUT2D eigenvalue weighted by Crippen LogP contribution is -2.49. The first-order valence-electron chi connectivity index (χ1n) is 16.4. The summed E-state index contributed by atoms with van der Waals surface area (Å²) in [7, 11) is 0. The summed E-state index contributed by atoms with van der Waals surface area (Å²) in [5.74, 6) is 22.1. The molecule has 0 nitrogen and oxygen atoms in total. The Morgan fingerprint density at radius 2 is 0.833 bits per heavy atom.